The fourth-order valence-corrected chi connectivity index (χ4v) is 3.40. The molecule has 0 amide bonds. The normalized spacial score (nSPS) is 30.6. The lowest BCUT2D eigenvalue weighted by Crippen LogP contribution is -2.67. The van der Waals surface area contributed by atoms with Crippen LogP contribution in [0.3, 0.4) is 0 Å². The van der Waals surface area contributed by atoms with Crippen LogP contribution in [0.15, 0.2) is 18.2 Å². The molecule has 1 aromatic rings. The van der Waals surface area contributed by atoms with E-state index in [0.29, 0.717) is 0 Å². The second kappa shape index (κ2) is 6.10. The summed E-state index contributed by atoms with van der Waals surface area (Å²) in [4.78, 5) is 2.70. The highest BCUT2D eigenvalue weighted by Crippen LogP contribution is 2.30. The lowest BCUT2D eigenvalue weighted by atomic mass is 9.85. The van der Waals surface area contributed by atoms with Gasteiger partial charge in [0.25, 0.3) is 0 Å². The Morgan fingerprint density at radius 1 is 1.05 bits per heavy atom. The average Bonchev–Trinajstić information content (AvgIpc) is 2.42. The quantitative estimate of drug-likeness (QED) is 0.899. The van der Waals surface area contributed by atoms with Crippen molar-refractivity contribution in [2.45, 2.75) is 72.0 Å². The molecule has 2 heteroatoms. The largest absolute Gasteiger partial charge is 0.308 e. The Labute approximate surface area is 130 Å². The van der Waals surface area contributed by atoms with Gasteiger partial charge in [0.1, 0.15) is 0 Å². The van der Waals surface area contributed by atoms with Crippen molar-refractivity contribution in [2.24, 2.45) is 0 Å². The zero-order chi connectivity index (χ0) is 15.7. The Bertz CT molecular complexity index is 476. The molecule has 21 heavy (non-hydrogen) atoms. The molecule has 0 aliphatic carbocycles. The van der Waals surface area contributed by atoms with Crippen molar-refractivity contribution in [2.75, 3.05) is 13.1 Å². The van der Waals surface area contributed by atoms with Crippen molar-refractivity contribution in [3.63, 3.8) is 0 Å². The molecule has 0 spiro atoms. The lowest BCUT2D eigenvalue weighted by molar-refractivity contribution is 0.0104. The molecule has 1 saturated heterocycles. The predicted octanol–water partition coefficient (Wildman–Crippen LogP) is 4.05. The molecule has 1 heterocycles. The van der Waals surface area contributed by atoms with Gasteiger partial charge in [-0.25, -0.2) is 0 Å². The van der Waals surface area contributed by atoms with Crippen molar-refractivity contribution < 1.29 is 0 Å². The molecule has 1 aliphatic rings. The van der Waals surface area contributed by atoms with Crippen molar-refractivity contribution in [3.8, 4) is 0 Å². The molecule has 2 unspecified atom stereocenters. The molecule has 2 rings (SSSR count). The number of rotatable bonds is 4. The summed E-state index contributed by atoms with van der Waals surface area (Å²) in [7, 11) is 0. The molecule has 0 bridgehead atoms. The minimum Gasteiger partial charge on any atom is -0.308 e. The maximum atomic E-state index is 3.78. The van der Waals surface area contributed by atoms with E-state index in [2.05, 4.69) is 70.0 Å². The maximum absolute atomic E-state index is 3.78. The highest BCUT2D eigenvalue weighted by atomic mass is 15.3. The highest BCUT2D eigenvalue weighted by Gasteiger charge is 2.40. The third-order valence-electron chi connectivity index (χ3n) is 5.40. The molecule has 0 saturated carbocycles. The van der Waals surface area contributed by atoms with E-state index >= 15 is 0 Å². The number of hydrogen-bond acceptors (Lipinski definition) is 2. The zero-order valence-corrected chi connectivity index (χ0v) is 14.7. The van der Waals surface area contributed by atoms with Gasteiger partial charge in [0, 0.05) is 30.7 Å². The number of nitrogens with one attached hydrogen (secondary N) is 1. The Kier molecular flexibility index (Phi) is 4.79. The summed E-state index contributed by atoms with van der Waals surface area (Å²) >= 11 is 0. The van der Waals surface area contributed by atoms with Crippen LogP contribution in [0.25, 0.3) is 0 Å². The smallest absolute Gasteiger partial charge is 0.0307 e. The van der Waals surface area contributed by atoms with Crippen LogP contribution in [0.4, 0.5) is 0 Å². The summed E-state index contributed by atoms with van der Waals surface area (Å²) in [5.74, 6) is 0. The first-order valence-corrected chi connectivity index (χ1v) is 8.37. The van der Waals surface area contributed by atoms with E-state index in [1.165, 1.54) is 29.5 Å². The average molecular weight is 288 g/mol. The summed E-state index contributed by atoms with van der Waals surface area (Å²) in [6.07, 6.45) is 2.36. The number of nitrogens with zero attached hydrogens (tertiary/aromatic N) is 1. The van der Waals surface area contributed by atoms with E-state index in [9.17, 15) is 0 Å². The van der Waals surface area contributed by atoms with Crippen molar-refractivity contribution >= 4 is 0 Å². The van der Waals surface area contributed by atoms with Crippen molar-refractivity contribution in [1.82, 2.24) is 10.2 Å². The van der Waals surface area contributed by atoms with Gasteiger partial charge >= 0.3 is 0 Å². The molecule has 1 aliphatic heterocycles. The number of hydrogen-bond donors (Lipinski definition) is 1. The number of piperazine rings is 1. The minimum absolute atomic E-state index is 0.244. The van der Waals surface area contributed by atoms with Crippen LogP contribution in [0.5, 0.6) is 0 Å². The van der Waals surface area contributed by atoms with Crippen LogP contribution in [-0.2, 0) is 6.54 Å². The van der Waals surface area contributed by atoms with Gasteiger partial charge in [0.2, 0.25) is 0 Å². The van der Waals surface area contributed by atoms with E-state index in [-0.39, 0.29) is 11.1 Å². The van der Waals surface area contributed by atoms with E-state index < -0.39 is 0 Å². The molecular weight excluding hydrogens is 256 g/mol. The minimum atomic E-state index is 0.244. The van der Waals surface area contributed by atoms with Gasteiger partial charge in [0.05, 0.1) is 0 Å². The van der Waals surface area contributed by atoms with E-state index in [1.807, 2.05) is 0 Å². The Morgan fingerprint density at radius 2 is 1.67 bits per heavy atom. The first-order chi connectivity index (χ1) is 9.80. The molecule has 2 nitrogen and oxygen atoms in total. The molecular formula is C19H32N2. The molecule has 2 atom stereocenters. The summed E-state index contributed by atoms with van der Waals surface area (Å²) in [6, 6.07) is 6.94. The molecule has 0 aromatic heterocycles. The number of aryl methyl sites for hydroxylation is 2. The Hall–Kier alpha value is -0.860. The first-order valence-electron chi connectivity index (χ1n) is 8.37. The third-order valence-corrected chi connectivity index (χ3v) is 5.40. The summed E-state index contributed by atoms with van der Waals surface area (Å²) in [6.45, 7) is 17.0. The SMILES string of the molecule is CCC1(C)CN(Cc2cc(C)cc(C)c2)C(C)(CC)CN1. The maximum Gasteiger partial charge on any atom is 0.0307 e. The van der Waals surface area contributed by atoms with Crippen LogP contribution in [0, 0.1) is 13.8 Å². The lowest BCUT2D eigenvalue weighted by Gasteiger charge is -2.52. The van der Waals surface area contributed by atoms with Gasteiger partial charge in [-0.1, -0.05) is 43.2 Å². The number of benzene rings is 1. The standard InChI is InChI=1S/C19H32N2/c1-7-18(5)14-21(19(6,8-2)13-20-18)12-17-10-15(3)9-16(4)11-17/h9-11,20H,7-8,12-14H2,1-6H3. The first kappa shape index (κ1) is 16.5. The Morgan fingerprint density at radius 3 is 2.19 bits per heavy atom. The summed E-state index contributed by atoms with van der Waals surface area (Å²) in [5.41, 5.74) is 4.69. The van der Waals surface area contributed by atoms with Gasteiger partial charge in [-0.2, -0.15) is 0 Å². The topological polar surface area (TPSA) is 15.3 Å². The Balaban J connectivity index is 2.24. The van der Waals surface area contributed by atoms with E-state index in [4.69, 9.17) is 0 Å². The van der Waals surface area contributed by atoms with Gasteiger partial charge < -0.3 is 5.32 Å². The van der Waals surface area contributed by atoms with Gasteiger partial charge in [-0.05, 0) is 46.1 Å². The van der Waals surface area contributed by atoms with Crippen molar-refractivity contribution in [1.29, 1.82) is 0 Å². The monoisotopic (exact) mass is 288 g/mol. The second-order valence-corrected chi connectivity index (χ2v) is 7.47. The van der Waals surface area contributed by atoms with Crippen molar-refractivity contribution in [3.05, 3.63) is 34.9 Å². The summed E-state index contributed by atoms with van der Waals surface area (Å²) < 4.78 is 0. The predicted molar refractivity (Wildman–Crippen MR) is 91.7 cm³/mol. The molecule has 1 aromatic carbocycles. The van der Waals surface area contributed by atoms with Crippen LogP contribution >= 0.6 is 0 Å². The van der Waals surface area contributed by atoms with Gasteiger partial charge in [0.15, 0.2) is 0 Å². The fraction of sp³-hybridized carbons (Fsp3) is 0.684. The molecule has 0 radical (unpaired) electrons. The third kappa shape index (κ3) is 3.67. The van der Waals surface area contributed by atoms with Crippen LogP contribution in [0.1, 0.15) is 57.2 Å². The van der Waals surface area contributed by atoms with E-state index in [0.717, 1.165) is 19.6 Å². The molecule has 1 N–H and O–H groups in total. The van der Waals surface area contributed by atoms with Gasteiger partial charge in [-0.3, -0.25) is 4.90 Å². The van der Waals surface area contributed by atoms with E-state index in [1.54, 1.807) is 0 Å². The molecule has 1 fully saturated rings. The fourth-order valence-electron chi connectivity index (χ4n) is 3.40. The highest BCUT2D eigenvalue weighted by molar-refractivity contribution is 5.28. The zero-order valence-electron chi connectivity index (χ0n) is 14.7. The second-order valence-electron chi connectivity index (χ2n) is 7.47. The van der Waals surface area contributed by atoms with Gasteiger partial charge in [-0.15, -0.1) is 0 Å². The molecule has 118 valence electrons. The van der Waals surface area contributed by atoms with Crippen LogP contribution in [-0.4, -0.2) is 29.1 Å². The van der Waals surface area contributed by atoms with Crippen LogP contribution in [0.2, 0.25) is 0 Å². The van der Waals surface area contributed by atoms with Crippen LogP contribution < -0.4 is 5.32 Å². The summed E-state index contributed by atoms with van der Waals surface area (Å²) in [5, 5.41) is 3.78.